The number of aromatic nitrogens is 2. The standard InChI is InChI=1S/C42H60N2Si2/c1-27(2)45(28(3)4,29(5)6)43-25-37-23-33(21-35-15-13-17-39(43)41(35)37)19-20-34-22-36-16-14-18-40-42(36)38(24-34)26-44(40)46(30(7)8,31(9)10)32(11)12/h13-18,21-22,25-32H,19-20,23-24H2,1-12H3. The average Bonchev–Trinajstić information content (AvgIpc) is 3.52. The monoisotopic (exact) mass is 648 g/mol. The van der Waals surface area contributed by atoms with Gasteiger partial charge in [-0.05, 0) is 106 Å². The zero-order valence-corrected chi connectivity index (χ0v) is 33.0. The molecule has 2 heterocycles. The van der Waals surface area contributed by atoms with E-state index < -0.39 is 16.5 Å². The first-order valence-corrected chi connectivity index (χ1v) is 22.8. The number of benzene rings is 2. The van der Waals surface area contributed by atoms with Crippen molar-refractivity contribution in [2.75, 3.05) is 0 Å². The SMILES string of the molecule is CC(C)[Si](C(C)C)(C(C)C)n1cc2c3c(cccc31)C=C(CCC1=Cc3cccc4c3c(cn4[Si](C(C)C)(C(C)C)C(C)C)C1)C2. The topological polar surface area (TPSA) is 9.86 Å². The summed E-state index contributed by atoms with van der Waals surface area (Å²) in [4.78, 5) is 0. The van der Waals surface area contributed by atoms with Crippen molar-refractivity contribution >= 4 is 50.4 Å². The predicted octanol–water partition coefficient (Wildman–Crippen LogP) is 13.0. The molecule has 246 valence electrons. The molecule has 0 spiro atoms. The lowest BCUT2D eigenvalue weighted by molar-refractivity contribution is 0.771. The Morgan fingerprint density at radius 2 is 0.826 bits per heavy atom. The minimum Gasteiger partial charge on any atom is -0.373 e. The van der Waals surface area contributed by atoms with Crippen molar-refractivity contribution < 1.29 is 0 Å². The van der Waals surface area contributed by atoms with Crippen molar-refractivity contribution in [3.8, 4) is 0 Å². The Balaban J connectivity index is 1.30. The van der Waals surface area contributed by atoms with E-state index >= 15 is 0 Å². The summed E-state index contributed by atoms with van der Waals surface area (Å²) in [6.45, 7) is 29.8. The molecule has 2 aliphatic rings. The van der Waals surface area contributed by atoms with Gasteiger partial charge in [-0.15, -0.1) is 0 Å². The fraction of sp³-hybridized carbons (Fsp3) is 0.524. The first kappa shape index (κ1) is 33.3. The van der Waals surface area contributed by atoms with Crippen molar-refractivity contribution in [3.05, 3.63) is 82.2 Å². The first-order valence-electron chi connectivity index (χ1n) is 18.4. The molecule has 46 heavy (non-hydrogen) atoms. The van der Waals surface area contributed by atoms with Crippen molar-refractivity contribution in [1.29, 1.82) is 0 Å². The normalized spacial score (nSPS) is 15.5. The van der Waals surface area contributed by atoms with E-state index in [4.69, 9.17) is 0 Å². The average molecular weight is 649 g/mol. The van der Waals surface area contributed by atoms with Crippen LogP contribution in [0.4, 0.5) is 0 Å². The molecule has 0 radical (unpaired) electrons. The molecule has 0 N–H and O–H groups in total. The molecular formula is C42H60N2Si2. The van der Waals surface area contributed by atoms with Crippen LogP contribution in [-0.4, -0.2) is 24.9 Å². The summed E-state index contributed by atoms with van der Waals surface area (Å²) in [5.74, 6) is 0. The summed E-state index contributed by atoms with van der Waals surface area (Å²) in [7, 11) is -3.66. The largest absolute Gasteiger partial charge is 0.373 e. The zero-order chi connectivity index (χ0) is 33.3. The van der Waals surface area contributed by atoms with Gasteiger partial charge in [-0.25, -0.2) is 0 Å². The second-order valence-electron chi connectivity index (χ2n) is 16.7. The van der Waals surface area contributed by atoms with Crippen LogP contribution in [-0.2, 0) is 12.8 Å². The van der Waals surface area contributed by atoms with Gasteiger partial charge in [0.05, 0.1) is 0 Å². The molecular weight excluding hydrogens is 589 g/mol. The van der Waals surface area contributed by atoms with E-state index in [1.165, 1.54) is 32.9 Å². The van der Waals surface area contributed by atoms with Gasteiger partial charge in [-0.1, -0.05) is 131 Å². The van der Waals surface area contributed by atoms with Gasteiger partial charge in [0.15, 0.2) is 16.5 Å². The third kappa shape index (κ3) is 4.83. The summed E-state index contributed by atoms with van der Waals surface area (Å²) >= 11 is 0. The van der Waals surface area contributed by atoms with Crippen LogP contribution >= 0.6 is 0 Å². The summed E-state index contributed by atoms with van der Waals surface area (Å²) in [6.07, 6.45) is 14.8. The molecule has 0 bridgehead atoms. The summed E-state index contributed by atoms with van der Waals surface area (Å²) in [5, 5.41) is 3.04. The van der Waals surface area contributed by atoms with Crippen LogP contribution in [0.2, 0.25) is 33.2 Å². The maximum atomic E-state index is 2.84. The van der Waals surface area contributed by atoms with Gasteiger partial charge < -0.3 is 8.47 Å². The minimum atomic E-state index is -1.83. The molecule has 0 aliphatic heterocycles. The quantitative estimate of drug-likeness (QED) is 0.143. The molecule has 0 saturated heterocycles. The molecule has 4 aromatic rings. The maximum Gasteiger partial charge on any atom is 0.169 e. The van der Waals surface area contributed by atoms with Crippen LogP contribution in [0.1, 0.15) is 118 Å². The van der Waals surface area contributed by atoms with Gasteiger partial charge in [0.25, 0.3) is 0 Å². The Kier molecular flexibility index (Phi) is 8.81. The minimum absolute atomic E-state index is 0.685. The molecule has 4 heteroatoms. The first-order chi connectivity index (χ1) is 21.8. The van der Waals surface area contributed by atoms with Gasteiger partial charge >= 0.3 is 0 Å². The zero-order valence-electron chi connectivity index (χ0n) is 31.0. The third-order valence-corrected chi connectivity index (χ3v) is 26.1. The van der Waals surface area contributed by atoms with Gasteiger partial charge in [0, 0.05) is 21.8 Å². The number of hydrogen-bond acceptors (Lipinski definition) is 0. The predicted molar refractivity (Wildman–Crippen MR) is 209 cm³/mol. The van der Waals surface area contributed by atoms with Gasteiger partial charge in [-0.3, -0.25) is 0 Å². The fourth-order valence-corrected chi connectivity index (χ4v) is 24.6. The second-order valence-corrected chi connectivity index (χ2v) is 28.1. The highest BCUT2D eigenvalue weighted by atomic mass is 28.3. The molecule has 0 fully saturated rings. The summed E-state index contributed by atoms with van der Waals surface area (Å²) in [6, 6.07) is 14.2. The van der Waals surface area contributed by atoms with E-state index in [1.54, 1.807) is 22.3 Å². The Morgan fingerprint density at radius 3 is 1.13 bits per heavy atom. The summed E-state index contributed by atoms with van der Waals surface area (Å²) in [5.41, 5.74) is 16.2. The van der Waals surface area contributed by atoms with Crippen molar-refractivity contribution in [2.45, 2.75) is 142 Å². The van der Waals surface area contributed by atoms with Crippen molar-refractivity contribution in [2.24, 2.45) is 0 Å². The molecule has 2 aromatic heterocycles. The van der Waals surface area contributed by atoms with Crippen molar-refractivity contribution in [3.63, 3.8) is 0 Å². The fourth-order valence-electron chi connectivity index (χ4n) is 11.3. The van der Waals surface area contributed by atoms with E-state index in [0.717, 1.165) is 25.7 Å². The Labute approximate surface area is 282 Å². The highest BCUT2D eigenvalue weighted by Gasteiger charge is 2.47. The molecule has 0 amide bonds. The lowest BCUT2D eigenvalue weighted by Crippen LogP contribution is -2.51. The number of allylic oxidation sites excluding steroid dienone is 2. The number of hydrogen-bond donors (Lipinski definition) is 0. The van der Waals surface area contributed by atoms with Crippen LogP contribution in [0, 0.1) is 0 Å². The highest BCUT2D eigenvalue weighted by Crippen LogP contribution is 2.48. The maximum absolute atomic E-state index is 2.84. The Morgan fingerprint density at radius 1 is 0.500 bits per heavy atom. The second kappa shape index (κ2) is 12.1. The number of nitrogens with zero attached hydrogens (tertiary/aromatic N) is 2. The van der Waals surface area contributed by atoms with Crippen LogP contribution in [0.5, 0.6) is 0 Å². The van der Waals surface area contributed by atoms with Gasteiger partial charge in [-0.2, -0.15) is 0 Å². The van der Waals surface area contributed by atoms with Crippen molar-refractivity contribution in [1.82, 2.24) is 8.47 Å². The number of rotatable bonds is 11. The molecule has 2 aliphatic carbocycles. The van der Waals surface area contributed by atoms with Gasteiger partial charge in [0.1, 0.15) is 0 Å². The van der Waals surface area contributed by atoms with Crippen LogP contribution in [0.15, 0.2) is 59.9 Å². The Hall–Kier alpha value is -2.57. The molecule has 0 atom stereocenters. The van der Waals surface area contributed by atoms with E-state index in [-0.39, 0.29) is 0 Å². The Bertz CT molecular complexity index is 1640. The van der Waals surface area contributed by atoms with E-state index in [9.17, 15) is 0 Å². The van der Waals surface area contributed by atoms with E-state index in [2.05, 4.69) is 152 Å². The molecule has 2 nitrogen and oxygen atoms in total. The van der Waals surface area contributed by atoms with Crippen LogP contribution < -0.4 is 0 Å². The lowest BCUT2D eigenvalue weighted by atomic mass is 9.87. The summed E-state index contributed by atoms with van der Waals surface area (Å²) < 4.78 is 5.67. The van der Waals surface area contributed by atoms with Crippen LogP contribution in [0.25, 0.3) is 34.0 Å². The molecule has 0 unspecified atom stereocenters. The van der Waals surface area contributed by atoms with E-state index in [1.807, 2.05) is 0 Å². The molecule has 6 rings (SSSR count). The third-order valence-electron chi connectivity index (χ3n) is 12.6. The molecule has 2 aromatic carbocycles. The smallest absolute Gasteiger partial charge is 0.169 e. The molecule has 0 saturated carbocycles. The lowest BCUT2D eigenvalue weighted by Gasteiger charge is -2.44. The van der Waals surface area contributed by atoms with Gasteiger partial charge in [0.2, 0.25) is 0 Å². The highest BCUT2D eigenvalue weighted by molar-refractivity contribution is 6.83. The van der Waals surface area contributed by atoms with Crippen LogP contribution in [0.3, 0.4) is 0 Å². The van der Waals surface area contributed by atoms with E-state index in [0.29, 0.717) is 33.2 Å².